The van der Waals surface area contributed by atoms with Crippen molar-refractivity contribution >= 4 is 13.1 Å². The normalized spacial score (nSPS) is 22.1. The third-order valence-electron chi connectivity index (χ3n) is 5.33. The number of carboxylic acids is 1. The van der Waals surface area contributed by atoms with E-state index in [9.17, 15) is 4.79 Å². The second-order valence-corrected chi connectivity index (χ2v) is 7.85. The Morgan fingerprint density at radius 3 is 2.19 bits per heavy atom. The number of hydrogen-bond acceptors (Lipinski definition) is 4. The molecule has 1 saturated heterocycles. The van der Waals surface area contributed by atoms with Crippen molar-refractivity contribution in [1.29, 1.82) is 0 Å². The molecule has 0 radical (unpaired) electrons. The number of rotatable bonds is 6. The highest BCUT2D eigenvalue weighted by Crippen LogP contribution is 2.43. The van der Waals surface area contributed by atoms with Crippen molar-refractivity contribution < 1.29 is 28.3 Å². The number of aromatic carboxylic acids is 1. The van der Waals surface area contributed by atoms with Gasteiger partial charge in [-0.1, -0.05) is 0 Å². The molecule has 0 spiro atoms. The Labute approximate surface area is 153 Å². The summed E-state index contributed by atoms with van der Waals surface area (Å²) < 4.78 is 32.4. The first-order valence-corrected chi connectivity index (χ1v) is 8.81. The van der Waals surface area contributed by atoms with Crippen molar-refractivity contribution in [3.63, 3.8) is 0 Å². The summed E-state index contributed by atoms with van der Waals surface area (Å²) >= 11 is 0. The zero-order chi connectivity index (χ0) is 19.1. The number of halogens is 1. The minimum atomic E-state index is -1.02. The van der Waals surface area contributed by atoms with Crippen LogP contribution in [0.4, 0.5) is 4.39 Å². The summed E-state index contributed by atoms with van der Waals surface area (Å²) in [6, 6.07) is 6.06. The van der Waals surface area contributed by atoms with E-state index in [1.807, 2.05) is 27.7 Å². The number of hydrogen-bond donors (Lipinski definition) is 1. The van der Waals surface area contributed by atoms with Crippen LogP contribution in [0, 0.1) is 5.92 Å². The van der Waals surface area contributed by atoms with Crippen LogP contribution >= 0.6 is 0 Å². The fourth-order valence-corrected chi connectivity index (χ4v) is 2.77. The van der Waals surface area contributed by atoms with E-state index in [1.165, 1.54) is 12.1 Å². The first-order valence-electron chi connectivity index (χ1n) is 8.81. The van der Waals surface area contributed by atoms with Gasteiger partial charge in [-0.2, -0.15) is 0 Å². The summed E-state index contributed by atoms with van der Waals surface area (Å²) in [7, 11) is -1.02. The van der Waals surface area contributed by atoms with Gasteiger partial charge in [0.25, 0.3) is 0 Å². The molecule has 3 rings (SSSR count). The SMILES string of the molecule is CC1(C)OB(C(F)=C(COc2ccc(C(=O)O)cc2)C2CC2)OC1(C)C. The molecule has 1 saturated carbocycles. The standard InChI is InChI=1S/C19H24BFO5/c1-18(2)19(3,4)26-20(25-18)16(21)15(12-5-6-12)11-24-14-9-7-13(8-10-14)17(22)23/h7-10,12H,5-6,11H2,1-4H3,(H,22,23). The Morgan fingerprint density at radius 2 is 1.73 bits per heavy atom. The average Bonchev–Trinajstić information content (AvgIpc) is 3.35. The van der Waals surface area contributed by atoms with Crippen LogP contribution in [0.5, 0.6) is 5.75 Å². The van der Waals surface area contributed by atoms with E-state index < -0.39 is 30.0 Å². The Bertz CT molecular complexity index is 706. The summed E-state index contributed by atoms with van der Waals surface area (Å²) in [5, 5.41) is 8.93. The fourth-order valence-electron chi connectivity index (χ4n) is 2.77. The molecule has 2 aliphatic rings. The first-order chi connectivity index (χ1) is 12.1. The summed E-state index contributed by atoms with van der Waals surface area (Å²) in [6.45, 7) is 7.64. The highest BCUT2D eigenvalue weighted by atomic mass is 19.1. The Balaban J connectivity index is 1.73. The number of benzene rings is 1. The van der Waals surface area contributed by atoms with E-state index in [1.54, 1.807) is 12.1 Å². The molecular formula is C19H24BFO5. The van der Waals surface area contributed by atoms with Crippen molar-refractivity contribution in [3.8, 4) is 5.75 Å². The lowest BCUT2D eigenvalue weighted by Crippen LogP contribution is -2.41. The molecule has 1 N–H and O–H groups in total. The van der Waals surface area contributed by atoms with Gasteiger partial charge in [0.2, 0.25) is 0 Å². The maximum atomic E-state index is 15.1. The molecule has 7 heteroatoms. The van der Waals surface area contributed by atoms with Gasteiger partial charge in [0, 0.05) is 0 Å². The second-order valence-electron chi connectivity index (χ2n) is 7.85. The molecule has 1 aliphatic carbocycles. The van der Waals surface area contributed by atoms with Crippen LogP contribution in [-0.2, 0) is 9.31 Å². The largest absolute Gasteiger partial charge is 0.525 e. The highest BCUT2D eigenvalue weighted by molar-refractivity contribution is 6.53. The van der Waals surface area contributed by atoms with E-state index >= 15 is 4.39 Å². The predicted octanol–water partition coefficient (Wildman–Crippen LogP) is 4.03. The van der Waals surface area contributed by atoms with Crippen LogP contribution in [0.1, 0.15) is 50.9 Å². The quantitative estimate of drug-likeness (QED) is 0.774. The lowest BCUT2D eigenvalue weighted by molar-refractivity contribution is 0.00578. The topological polar surface area (TPSA) is 65.0 Å². The molecule has 1 aromatic carbocycles. The molecule has 0 aromatic heterocycles. The lowest BCUT2D eigenvalue weighted by atomic mass is 9.83. The smallest absolute Gasteiger partial charge is 0.489 e. The average molecular weight is 362 g/mol. The third-order valence-corrected chi connectivity index (χ3v) is 5.33. The van der Waals surface area contributed by atoms with E-state index in [2.05, 4.69) is 0 Å². The molecule has 0 atom stereocenters. The molecular weight excluding hydrogens is 338 g/mol. The second kappa shape index (κ2) is 6.70. The fraction of sp³-hybridized carbons (Fsp3) is 0.526. The van der Waals surface area contributed by atoms with Crippen LogP contribution in [0.2, 0.25) is 0 Å². The molecule has 2 fully saturated rings. The Kier molecular flexibility index (Phi) is 4.88. The molecule has 1 aliphatic heterocycles. The maximum Gasteiger partial charge on any atom is 0.525 e. The monoisotopic (exact) mass is 362 g/mol. The van der Waals surface area contributed by atoms with Crippen LogP contribution in [0.15, 0.2) is 35.6 Å². The van der Waals surface area contributed by atoms with Crippen LogP contribution in [0.25, 0.3) is 0 Å². The van der Waals surface area contributed by atoms with Gasteiger partial charge in [-0.05, 0) is 76.3 Å². The van der Waals surface area contributed by atoms with Crippen molar-refractivity contribution in [3.05, 3.63) is 41.1 Å². The van der Waals surface area contributed by atoms with Gasteiger partial charge in [0.15, 0.2) is 0 Å². The van der Waals surface area contributed by atoms with Gasteiger partial charge < -0.3 is 19.2 Å². The van der Waals surface area contributed by atoms with Gasteiger partial charge in [0.05, 0.1) is 16.8 Å². The third kappa shape index (κ3) is 3.79. The zero-order valence-electron chi connectivity index (χ0n) is 15.5. The number of carbonyl (C=O) groups is 1. The van der Waals surface area contributed by atoms with Crippen molar-refractivity contribution in [2.45, 2.75) is 51.7 Å². The minimum Gasteiger partial charge on any atom is -0.489 e. The van der Waals surface area contributed by atoms with Crippen molar-refractivity contribution in [1.82, 2.24) is 0 Å². The van der Waals surface area contributed by atoms with Crippen LogP contribution < -0.4 is 4.74 Å². The van der Waals surface area contributed by atoms with E-state index in [0.717, 1.165) is 12.8 Å². The summed E-state index contributed by atoms with van der Waals surface area (Å²) in [5.41, 5.74) is -0.869. The van der Waals surface area contributed by atoms with E-state index in [-0.39, 0.29) is 18.1 Å². The molecule has 5 nitrogen and oxygen atoms in total. The van der Waals surface area contributed by atoms with Crippen molar-refractivity contribution in [2.24, 2.45) is 5.92 Å². The molecule has 0 amide bonds. The summed E-state index contributed by atoms with van der Waals surface area (Å²) in [4.78, 5) is 10.9. The molecule has 1 aromatic rings. The molecule has 26 heavy (non-hydrogen) atoms. The predicted molar refractivity (Wildman–Crippen MR) is 95.8 cm³/mol. The molecule has 0 unspecified atom stereocenters. The lowest BCUT2D eigenvalue weighted by Gasteiger charge is -2.32. The van der Waals surface area contributed by atoms with Crippen LogP contribution in [-0.4, -0.2) is 36.0 Å². The number of carboxylic acid groups (broad SMARTS) is 1. The molecule has 1 heterocycles. The summed E-state index contributed by atoms with van der Waals surface area (Å²) in [5.74, 6) is -0.357. The molecule has 140 valence electrons. The van der Waals surface area contributed by atoms with Gasteiger partial charge in [-0.3, -0.25) is 0 Å². The number of ether oxygens (including phenoxy) is 1. The highest BCUT2D eigenvalue weighted by Gasteiger charge is 2.54. The Morgan fingerprint density at radius 1 is 1.19 bits per heavy atom. The minimum absolute atomic E-state index is 0.0903. The van der Waals surface area contributed by atoms with Gasteiger partial charge >= 0.3 is 13.1 Å². The van der Waals surface area contributed by atoms with Crippen LogP contribution in [0.3, 0.4) is 0 Å². The summed E-state index contributed by atoms with van der Waals surface area (Å²) in [6.07, 6.45) is 1.84. The molecule has 0 bridgehead atoms. The van der Waals surface area contributed by atoms with Gasteiger partial charge in [-0.25, -0.2) is 9.18 Å². The Hall–Kier alpha value is -1.86. The van der Waals surface area contributed by atoms with Gasteiger partial charge in [-0.15, -0.1) is 0 Å². The zero-order valence-corrected chi connectivity index (χ0v) is 15.5. The van der Waals surface area contributed by atoms with Gasteiger partial charge in [0.1, 0.15) is 18.1 Å². The van der Waals surface area contributed by atoms with E-state index in [4.69, 9.17) is 19.2 Å². The first kappa shape index (κ1) is 18.9. The van der Waals surface area contributed by atoms with Crippen molar-refractivity contribution in [2.75, 3.05) is 6.61 Å². The van der Waals surface area contributed by atoms with E-state index in [0.29, 0.717) is 11.3 Å². The maximum absolute atomic E-state index is 15.1.